The number of nitriles is 1. The molecule has 0 amide bonds. The first kappa shape index (κ1) is 5.64. The summed E-state index contributed by atoms with van der Waals surface area (Å²) in [5.41, 5.74) is 2.85. The van der Waals surface area contributed by atoms with Crippen LogP contribution in [-0.4, -0.2) is 5.11 Å². The van der Waals surface area contributed by atoms with Crippen LogP contribution in [0.2, 0.25) is 0 Å². The number of hydrogen-bond donors (Lipinski definition) is 1. The predicted octanol–water partition coefficient (Wildman–Crippen LogP) is 1.51. The van der Waals surface area contributed by atoms with E-state index >= 15 is 0 Å². The van der Waals surface area contributed by atoms with Crippen LogP contribution in [0.25, 0.3) is 11.1 Å². The van der Waals surface area contributed by atoms with Crippen LogP contribution >= 0.6 is 0 Å². The molecule has 0 aromatic heterocycles. The molecule has 0 fully saturated rings. The van der Waals surface area contributed by atoms with Gasteiger partial charge in [-0.3, -0.25) is 0 Å². The van der Waals surface area contributed by atoms with Crippen LogP contribution in [0, 0.1) is 11.5 Å². The highest BCUT2D eigenvalue weighted by Crippen LogP contribution is 2.29. The van der Waals surface area contributed by atoms with Crippen LogP contribution < -0.4 is 0 Å². The van der Waals surface area contributed by atoms with Gasteiger partial charge in [-0.1, -0.05) is 24.3 Å². The summed E-state index contributed by atoms with van der Waals surface area (Å²) in [4.78, 5) is 0. The third-order valence-electron chi connectivity index (χ3n) is 1.22. The van der Waals surface area contributed by atoms with E-state index in [1.165, 1.54) is 11.1 Å². The highest BCUT2D eigenvalue weighted by molar-refractivity contribution is 5.75. The van der Waals surface area contributed by atoms with E-state index in [0.29, 0.717) is 0 Å². The van der Waals surface area contributed by atoms with Gasteiger partial charge in [0.15, 0.2) is 0 Å². The van der Waals surface area contributed by atoms with E-state index in [0.717, 1.165) is 6.26 Å². The minimum absolute atomic E-state index is 0.750. The van der Waals surface area contributed by atoms with E-state index in [1.54, 1.807) is 0 Å². The highest BCUT2D eigenvalue weighted by Gasteiger charge is 2.03. The third-order valence-corrected chi connectivity index (χ3v) is 1.22. The monoisotopic (exact) mass is 119 g/mol. The summed E-state index contributed by atoms with van der Waals surface area (Å²) in [5.74, 6) is 0. The maximum atomic E-state index is 6.88. The van der Waals surface area contributed by atoms with Crippen LogP contribution in [0.4, 0.5) is 0 Å². The Morgan fingerprint density at radius 3 is 1.33 bits per heavy atom. The first-order chi connectivity index (χ1) is 4.38. The average molecular weight is 119 g/mol. The average Bonchev–Trinajstić information content (AvgIpc) is 1.81. The fraction of sp³-hybridized carbons (Fsp3) is 0. The standard InChI is InChI=1S/C6H4.CHNO/c1-2-6-4-3-5(1)6;2-1-3/h1-4H;3H. The van der Waals surface area contributed by atoms with E-state index < -0.39 is 0 Å². The number of benzene rings is 1. The molecule has 0 spiro atoms. The summed E-state index contributed by atoms with van der Waals surface area (Å²) in [5, 5.41) is 13.8. The lowest BCUT2D eigenvalue weighted by Crippen LogP contribution is -1.85. The maximum absolute atomic E-state index is 6.88. The van der Waals surface area contributed by atoms with Crippen LogP contribution in [0.3, 0.4) is 0 Å². The van der Waals surface area contributed by atoms with E-state index in [4.69, 9.17) is 10.4 Å². The normalized spacial score (nSPS) is 8.33. The van der Waals surface area contributed by atoms with Crippen molar-refractivity contribution >= 4 is 0 Å². The molecule has 0 aromatic rings. The molecule has 0 aromatic carbocycles. The van der Waals surface area contributed by atoms with E-state index in [-0.39, 0.29) is 0 Å². The number of aliphatic hydroxyl groups excluding tert-OH is 1. The van der Waals surface area contributed by atoms with Gasteiger partial charge in [0.1, 0.15) is 0 Å². The Bertz CT molecular complexity index is 211. The second-order valence-electron chi connectivity index (χ2n) is 1.68. The lowest BCUT2D eigenvalue weighted by molar-refractivity contribution is 0.503. The van der Waals surface area contributed by atoms with Crippen LogP contribution in [0.15, 0.2) is 24.3 Å². The SMILES string of the molecule is N#CO.c1cc2ccc1-2. The maximum Gasteiger partial charge on any atom is 0.283 e. The summed E-state index contributed by atoms with van der Waals surface area (Å²) in [6, 6.07) is 8.48. The zero-order valence-electron chi connectivity index (χ0n) is 4.70. The molecule has 44 valence electrons. The van der Waals surface area contributed by atoms with Crippen molar-refractivity contribution in [1.29, 1.82) is 5.26 Å². The minimum atomic E-state index is 0.750. The van der Waals surface area contributed by atoms with Gasteiger partial charge in [0.25, 0.3) is 6.26 Å². The Morgan fingerprint density at radius 2 is 1.33 bits per heavy atom. The lowest BCUT2D eigenvalue weighted by Gasteiger charge is -2.10. The number of hydrogen-bond acceptors (Lipinski definition) is 2. The predicted molar refractivity (Wildman–Crippen MR) is 33.0 cm³/mol. The second-order valence-corrected chi connectivity index (χ2v) is 1.68. The lowest BCUT2D eigenvalue weighted by atomic mass is 9.95. The van der Waals surface area contributed by atoms with E-state index in [9.17, 15) is 0 Å². The molecular formula is C7H5NO. The molecule has 0 heterocycles. The Hall–Kier alpha value is -1.49. The number of rotatable bonds is 0. The molecule has 0 radical (unpaired) electrons. The Labute approximate surface area is 53.0 Å². The molecule has 9 heavy (non-hydrogen) atoms. The number of fused-ring (bicyclic) bond motifs is 1. The molecule has 0 bridgehead atoms. The van der Waals surface area contributed by atoms with E-state index in [2.05, 4.69) is 24.3 Å². The molecule has 2 aliphatic rings. The van der Waals surface area contributed by atoms with Gasteiger partial charge >= 0.3 is 0 Å². The van der Waals surface area contributed by atoms with Crippen molar-refractivity contribution in [2.24, 2.45) is 0 Å². The minimum Gasteiger partial charge on any atom is -0.443 e. The Morgan fingerprint density at radius 1 is 1.11 bits per heavy atom. The van der Waals surface area contributed by atoms with Crippen LogP contribution in [0.1, 0.15) is 0 Å². The van der Waals surface area contributed by atoms with E-state index in [1.807, 2.05) is 0 Å². The smallest absolute Gasteiger partial charge is 0.283 e. The largest absolute Gasteiger partial charge is 0.443 e. The zero-order chi connectivity index (χ0) is 6.69. The molecule has 2 aliphatic carbocycles. The second kappa shape index (κ2) is 2.19. The molecule has 2 heteroatoms. The van der Waals surface area contributed by atoms with Gasteiger partial charge < -0.3 is 5.11 Å². The van der Waals surface area contributed by atoms with Gasteiger partial charge in [-0.25, -0.2) is 0 Å². The summed E-state index contributed by atoms with van der Waals surface area (Å²) in [6.45, 7) is 0. The van der Waals surface area contributed by atoms with Crippen LogP contribution in [0.5, 0.6) is 0 Å². The number of aliphatic hydroxyl groups is 1. The fourth-order valence-corrected chi connectivity index (χ4v) is 0.663. The topological polar surface area (TPSA) is 44.0 Å². The first-order valence-electron chi connectivity index (χ1n) is 2.52. The van der Waals surface area contributed by atoms with Gasteiger partial charge in [0, 0.05) is 0 Å². The van der Waals surface area contributed by atoms with Crippen molar-refractivity contribution in [3.8, 4) is 17.4 Å². The van der Waals surface area contributed by atoms with Gasteiger partial charge in [0.2, 0.25) is 0 Å². The highest BCUT2D eigenvalue weighted by atomic mass is 16.2. The van der Waals surface area contributed by atoms with Crippen molar-refractivity contribution in [3.63, 3.8) is 0 Å². The summed E-state index contributed by atoms with van der Waals surface area (Å²) >= 11 is 0. The molecule has 2 nitrogen and oxygen atoms in total. The quantitative estimate of drug-likeness (QED) is 0.534. The van der Waals surface area contributed by atoms with Gasteiger partial charge in [-0.15, -0.1) is 0 Å². The van der Waals surface area contributed by atoms with Crippen molar-refractivity contribution in [2.75, 3.05) is 0 Å². The van der Waals surface area contributed by atoms with Crippen LogP contribution in [-0.2, 0) is 0 Å². The molecule has 1 N–H and O–H groups in total. The van der Waals surface area contributed by atoms with Crippen molar-refractivity contribution < 1.29 is 5.11 Å². The van der Waals surface area contributed by atoms with Gasteiger partial charge in [-0.05, 0) is 11.1 Å². The van der Waals surface area contributed by atoms with Crippen molar-refractivity contribution in [3.05, 3.63) is 24.3 Å². The zero-order valence-corrected chi connectivity index (χ0v) is 4.70. The molecule has 0 unspecified atom stereocenters. The Kier molecular flexibility index (Phi) is 1.37. The molecule has 0 saturated heterocycles. The first-order valence-corrected chi connectivity index (χ1v) is 2.52. The molecule has 0 saturated carbocycles. The summed E-state index contributed by atoms with van der Waals surface area (Å²) in [6.07, 6.45) is 0.750. The number of nitrogens with zero attached hydrogens (tertiary/aromatic N) is 1. The fourth-order valence-electron chi connectivity index (χ4n) is 0.663. The molecule has 0 atom stereocenters. The van der Waals surface area contributed by atoms with Crippen molar-refractivity contribution in [1.82, 2.24) is 0 Å². The van der Waals surface area contributed by atoms with Gasteiger partial charge in [0.05, 0.1) is 0 Å². The van der Waals surface area contributed by atoms with Gasteiger partial charge in [-0.2, -0.15) is 5.26 Å². The molecule has 0 aliphatic heterocycles. The molecule has 2 rings (SSSR count). The third kappa shape index (κ3) is 0.846. The Balaban J connectivity index is 0.000000120. The molecular weight excluding hydrogens is 114 g/mol. The summed E-state index contributed by atoms with van der Waals surface area (Å²) in [7, 11) is 0. The van der Waals surface area contributed by atoms with Crippen molar-refractivity contribution in [2.45, 2.75) is 0 Å². The summed E-state index contributed by atoms with van der Waals surface area (Å²) < 4.78 is 0.